The van der Waals surface area contributed by atoms with Crippen LogP contribution in [0.3, 0.4) is 0 Å². The Hall–Kier alpha value is -1.37. The van der Waals surface area contributed by atoms with Crippen molar-refractivity contribution in [3.8, 4) is 11.8 Å². The van der Waals surface area contributed by atoms with Gasteiger partial charge in [0.1, 0.15) is 12.4 Å². The van der Waals surface area contributed by atoms with Crippen LogP contribution in [0.2, 0.25) is 0 Å². The standard InChI is InChI=1S/C17H22FNO/c1-13-5-6-19(14(2)8-13)12-16-9-15(4-3-7-20)10-17(18)11-16/h9-11,13-14,20H,5-8,12H2,1-2H3. The molecule has 1 aromatic rings. The first-order valence-electron chi connectivity index (χ1n) is 7.21. The maximum atomic E-state index is 13.6. The number of aliphatic hydroxyl groups is 1. The minimum atomic E-state index is -0.261. The monoisotopic (exact) mass is 275 g/mol. The summed E-state index contributed by atoms with van der Waals surface area (Å²) < 4.78 is 13.6. The van der Waals surface area contributed by atoms with Crippen LogP contribution in [0, 0.1) is 23.6 Å². The average Bonchev–Trinajstić information content (AvgIpc) is 2.39. The van der Waals surface area contributed by atoms with E-state index in [1.807, 2.05) is 6.07 Å². The molecule has 2 unspecified atom stereocenters. The van der Waals surface area contributed by atoms with Gasteiger partial charge in [0.15, 0.2) is 0 Å². The van der Waals surface area contributed by atoms with Crippen LogP contribution in [0.5, 0.6) is 0 Å². The molecule has 3 heteroatoms. The molecule has 1 fully saturated rings. The van der Waals surface area contributed by atoms with Crippen molar-refractivity contribution in [3.05, 3.63) is 35.1 Å². The van der Waals surface area contributed by atoms with Crippen LogP contribution in [0.15, 0.2) is 18.2 Å². The van der Waals surface area contributed by atoms with Gasteiger partial charge in [-0.25, -0.2) is 4.39 Å². The highest BCUT2D eigenvalue weighted by Gasteiger charge is 2.22. The Balaban J connectivity index is 2.10. The van der Waals surface area contributed by atoms with Gasteiger partial charge in [-0.05, 0) is 56.0 Å². The smallest absolute Gasteiger partial charge is 0.124 e. The van der Waals surface area contributed by atoms with Crippen molar-refractivity contribution in [2.75, 3.05) is 13.2 Å². The maximum absolute atomic E-state index is 13.6. The SMILES string of the molecule is CC1CCN(Cc2cc(F)cc(C#CCO)c2)C(C)C1. The lowest BCUT2D eigenvalue weighted by Gasteiger charge is -2.36. The predicted octanol–water partition coefficient (Wildman–Crippen LogP) is 2.79. The van der Waals surface area contributed by atoms with E-state index in [-0.39, 0.29) is 12.4 Å². The molecule has 0 aliphatic carbocycles. The van der Waals surface area contributed by atoms with E-state index in [0.717, 1.165) is 24.6 Å². The van der Waals surface area contributed by atoms with Gasteiger partial charge in [0.05, 0.1) is 0 Å². The number of rotatable bonds is 2. The lowest BCUT2D eigenvalue weighted by molar-refractivity contribution is 0.122. The maximum Gasteiger partial charge on any atom is 0.124 e. The number of likely N-dealkylation sites (tertiary alicyclic amines) is 1. The topological polar surface area (TPSA) is 23.5 Å². The molecule has 1 aliphatic rings. The van der Waals surface area contributed by atoms with Crippen LogP contribution in [0.1, 0.15) is 37.8 Å². The normalized spacial score (nSPS) is 23.2. The first-order valence-corrected chi connectivity index (χ1v) is 7.21. The van der Waals surface area contributed by atoms with Gasteiger partial charge in [0.2, 0.25) is 0 Å². The van der Waals surface area contributed by atoms with E-state index in [2.05, 4.69) is 30.6 Å². The Morgan fingerprint density at radius 3 is 2.85 bits per heavy atom. The Labute approximate surface area is 120 Å². The van der Waals surface area contributed by atoms with Crippen molar-refractivity contribution in [1.82, 2.24) is 4.90 Å². The van der Waals surface area contributed by atoms with Crippen molar-refractivity contribution in [1.29, 1.82) is 0 Å². The number of halogens is 1. The number of benzene rings is 1. The Bertz CT molecular complexity index is 517. The molecule has 0 bridgehead atoms. The fourth-order valence-electron chi connectivity index (χ4n) is 2.88. The zero-order valence-electron chi connectivity index (χ0n) is 12.2. The van der Waals surface area contributed by atoms with Gasteiger partial charge in [0.25, 0.3) is 0 Å². The van der Waals surface area contributed by atoms with E-state index in [0.29, 0.717) is 11.6 Å². The highest BCUT2D eigenvalue weighted by molar-refractivity contribution is 5.37. The predicted molar refractivity (Wildman–Crippen MR) is 78.6 cm³/mol. The summed E-state index contributed by atoms with van der Waals surface area (Å²) in [5.41, 5.74) is 1.58. The zero-order valence-corrected chi connectivity index (χ0v) is 12.2. The zero-order chi connectivity index (χ0) is 14.5. The fraction of sp³-hybridized carbons (Fsp3) is 0.529. The van der Waals surface area contributed by atoms with Gasteiger partial charge in [-0.3, -0.25) is 4.90 Å². The molecular weight excluding hydrogens is 253 g/mol. The molecule has 1 heterocycles. The van der Waals surface area contributed by atoms with E-state index in [4.69, 9.17) is 5.11 Å². The molecule has 2 nitrogen and oxygen atoms in total. The Morgan fingerprint density at radius 2 is 2.15 bits per heavy atom. The van der Waals surface area contributed by atoms with Gasteiger partial charge in [-0.2, -0.15) is 0 Å². The van der Waals surface area contributed by atoms with E-state index < -0.39 is 0 Å². The highest BCUT2D eigenvalue weighted by atomic mass is 19.1. The van der Waals surface area contributed by atoms with Crippen molar-refractivity contribution in [3.63, 3.8) is 0 Å². The van der Waals surface area contributed by atoms with Crippen molar-refractivity contribution in [2.24, 2.45) is 5.92 Å². The number of nitrogens with zero attached hydrogens (tertiary/aromatic N) is 1. The second-order valence-electron chi connectivity index (χ2n) is 5.76. The van der Waals surface area contributed by atoms with Crippen LogP contribution < -0.4 is 0 Å². The average molecular weight is 275 g/mol. The molecule has 20 heavy (non-hydrogen) atoms. The molecule has 0 saturated carbocycles. The minimum absolute atomic E-state index is 0.201. The van der Waals surface area contributed by atoms with Crippen molar-refractivity contribution < 1.29 is 9.50 Å². The lowest BCUT2D eigenvalue weighted by atomic mass is 9.93. The summed E-state index contributed by atoms with van der Waals surface area (Å²) in [6, 6.07) is 5.44. The van der Waals surface area contributed by atoms with E-state index in [9.17, 15) is 4.39 Å². The molecule has 1 saturated heterocycles. The largest absolute Gasteiger partial charge is 0.384 e. The lowest BCUT2D eigenvalue weighted by Crippen LogP contribution is -2.39. The van der Waals surface area contributed by atoms with Gasteiger partial charge >= 0.3 is 0 Å². The molecule has 1 aliphatic heterocycles. The highest BCUT2D eigenvalue weighted by Crippen LogP contribution is 2.24. The minimum Gasteiger partial charge on any atom is -0.384 e. The van der Waals surface area contributed by atoms with Crippen molar-refractivity contribution in [2.45, 2.75) is 39.3 Å². The van der Waals surface area contributed by atoms with Gasteiger partial charge in [-0.1, -0.05) is 18.8 Å². The van der Waals surface area contributed by atoms with Crippen LogP contribution >= 0.6 is 0 Å². The second kappa shape index (κ2) is 6.88. The van der Waals surface area contributed by atoms with E-state index in [1.54, 1.807) is 6.07 Å². The summed E-state index contributed by atoms with van der Waals surface area (Å²) in [6.07, 6.45) is 2.41. The van der Waals surface area contributed by atoms with Crippen molar-refractivity contribution >= 4 is 0 Å². The molecule has 0 radical (unpaired) electrons. The third-order valence-corrected chi connectivity index (χ3v) is 3.93. The first-order chi connectivity index (χ1) is 9.58. The van der Waals surface area contributed by atoms with Gasteiger partial charge in [0, 0.05) is 18.2 Å². The molecule has 0 amide bonds. The summed E-state index contributed by atoms with van der Waals surface area (Å²) in [7, 11) is 0. The summed E-state index contributed by atoms with van der Waals surface area (Å²) in [4.78, 5) is 2.40. The molecule has 2 rings (SSSR count). The molecule has 2 atom stereocenters. The molecule has 0 aromatic heterocycles. The summed E-state index contributed by atoms with van der Waals surface area (Å²) in [6.45, 7) is 6.16. The van der Waals surface area contributed by atoms with E-state index >= 15 is 0 Å². The third kappa shape index (κ3) is 4.06. The molecule has 1 N–H and O–H groups in total. The van der Waals surface area contributed by atoms with Gasteiger partial charge in [-0.15, -0.1) is 0 Å². The molecule has 1 aromatic carbocycles. The third-order valence-electron chi connectivity index (χ3n) is 3.93. The number of hydrogen-bond acceptors (Lipinski definition) is 2. The van der Waals surface area contributed by atoms with Crippen LogP contribution in [0.4, 0.5) is 4.39 Å². The van der Waals surface area contributed by atoms with Crippen LogP contribution in [-0.4, -0.2) is 29.2 Å². The van der Waals surface area contributed by atoms with Gasteiger partial charge < -0.3 is 5.11 Å². The number of piperidine rings is 1. The first kappa shape index (κ1) is 15.0. The second-order valence-corrected chi connectivity index (χ2v) is 5.76. The summed E-state index contributed by atoms with van der Waals surface area (Å²) in [5.74, 6) is 5.85. The Kier molecular flexibility index (Phi) is 5.17. The summed E-state index contributed by atoms with van der Waals surface area (Å²) in [5, 5.41) is 8.71. The fourth-order valence-corrected chi connectivity index (χ4v) is 2.88. The number of hydrogen-bond donors (Lipinski definition) is 1. The quantitative estimate of drug-likeness (QED) is 0.839. The molecule has 0 spiro atoms. The summed E-state index contributed by atoms with van der Waals surface area (Å²) >= 11 is 0. The number of aliphatic hydroxyl groups excluding tert-OH is 1. The Morgan fingerprint density at radius 1 is 1.35 bits per heavy atom. The molecular formula is C17H22FNO. The van der Waals surface area contributed by atoms with Crippen LogP contribution in [0.25, 0.3) is 0 Å². The van der Waals surface area contributed by atoms with Crippen LogP contribution in [-0.2, 0) is 6.54 Å². The van der Waals surface area contributed by atoms with E-state index in [1.165, 1.54) is 18.9 Å². The molecule has 108 valence electrons.